The zero-order valence-electron chi connectivity index (χ0n) is 9.60. The molecule has 1 heterocycles. The fourth-order valence-electron chi connectivity index (χ4n) is 1.23. The molecule has 17 heavy (non-hydrogen) atoms. The first kappa shape index (κ1) is 13.6. The van der Waals surface area contributed by atoms with Crippen LogP contribution in [0.25, 0.3) is 0 Å². The van der Waals surface area contributed by atoms with E-state index in [4.69, 9.17) is 5.84 Å². The van der Waals surface area contributed by atoms with Crippen LogP contribution in [0.1, 0.15) is 17.3 Å². The van der Waals surface area contributed by atoms with Gasteiger partial charge in [0.1, 0.15) is 0 Å². The molecule has 0 saturated heterocycles. The van der Waals surface area contributed by atoms with Gasteiger partial charge in [0.15, 0.2) is 0 Å². The highest BCUT2D eigenvalue weighted by molar-refractivity contribution is 7.84. The van der Waals surface area contributed by atoms with E-state index in [0.717, 1.165) is 0 Å². The lowest BCUT2D eigenvalue weighted by Crippen LogP contribution is -2.29. The smallest absolute Gasteiger partial charge is 0.253 e. The van der Waals surface area contributed by atoms with Crippen molar-refractivity contribution in [3.05, 3.63) is 24.0 Å². The van der Waals surface area contributed by atoms with Gasteiger partial charge >= 0.3 is 0 Å². The summed E-state index contributed by atoms with van der Waals surface area (Å²) >= 11 is 0. The van der Waals surface area contributed by atoms with Crippen molar-refractivity contribution in [3.63, 3.8) is 0 Å². The van der Waals surface area contributed by atoms with Crippen LogP contribution < -0.4 is 16.6 Å². The summed E-state index contributed by atoms with van der Waals surface area (Å²) in [6, 6.07) is 1.57. The molecular formula is C10H16N4O2S. The van der Waals surface area contributed by atoms with Crippen molar-refractivity contribution in [2.45, 2.75) is 6.92 Å². The van der Waals surface area contributed by atoms with E-state index in [2.05, 4.69) is 15.7 Å². The molecule has 0 aliphatic heterocycles. The van der Waals surface area contributed by atoms with Crippen molar-refractivity contribution in [3.8, 4) is 0 Å². The number of aromatic nitrogens is 1. The summed E-state index contributed by atoms with van der Waals surface area (Å²) in [7, 11) is -0.874. The quantitative estimate of drug-likeness (QED) is 0.486. The highest BCUT2D eigenvalue weighted by atomic mass is 32.2. The molecule has 1 atom stereocenters. The molecule has 1 amide bonds. The molecule has 0 aliphatic rings. The number of nitrogen functional groups attached to an aromatic ring is 1. The number of pyridine rings is 1. The Balaban J connectivity index is 2.55. The zero-order chi connectivity index (χ0) is 12.7. The van der Waals surface area contributed by atoms with Crippen LogP contribution in [0.5, 0.6) is 0 Å². The Kier molecular flexibility index (Phi) is 5.58. The van der Waals surface area contributed by atoms with Crippen molar-refractivity contribution >= 4 is 22.4 Å². The number of nitrogens with zero attached hydrogens (tertiary/aromatic N) is 1. The maximum Gasteiger partial charge on any atom is 0.253 e. The number of rotatable bonds is 6. The molecule has 0 bridgehead atoms. The molecule has 1 unspecified atom stereocenters. The topological polar surface area (TPSA) is 97.1 Å². The summed E-state index contributed by atoms with van der Waals surface area (Å²) in [5.74, 6) is 6.07. The van der Waals surface area contributed by atoms with E-state index in [1.807, 2.05) is 6.92 Å². The number of nitrogens with two attached hydrogens (primary N) is 1. The van der Waals surface area contributed by atoms with Gasteiger partial charge in [0.25, 0.3) is 5.91 Å². The summed E-state index contributed by atoms with van der Waals surface area (Å²) in [6.07, 6.45) is 2.99. The number of amides is 1. The molecule has 0 fully saturated rings. The first-order valence-corrected chi connectivity index (χ1v) is 6.71. The second-order valence-corrected chi connectivity index (χ2v) is 5.12. The zero-order valence-corrected chi connectivity index (χ0v) is 10.4. The van der Waals surface area contributed by atoms with Gasteiger partial charge in [-0.3, -0.25) is 19.8 Å². The van der Waals surface area contributed by atoms with Gasteiger partial charge in [0, 0.05) is 35.0 Å². The molecule has 7 heteroatoms. The van der Waals surface area contributed by atoms with Crippen LogP contribution >= 0.6 is 0 Å². The van der Waals surface area contributed by atoms with E-state index >= 15 is 0 Å². The van der Waals surface area contributed by atoms with Crippen LogP contribution in [0, 0.1) is 0 Å². The summed E-state index contributed by atoms with van der Waals surface area (Å²) in [5, 5.41) is 2.68. The Morgan fingerprint density at radius 3 is 3.00 bits per heavy atom. The normalized spacial score (nSPS) is 11.9. The van der Waals surface area contributed by atoms with Crippen LogP contribution in [-0.4, -0.2) is 33.2 Å². The van der Waals surface area contributed by atoms with Gasteiger partial charge in [-0.25, -0.2) is 0 Å². The number of hydrazine groups is 1. The Hall–Kier alpha value is -1.47. The SMILES string of the molecule is CCS(=O)CCNC(=O)c1ccncc1NN. The first-order chi connectivity index (χ1) is 8.19. The molecule has 6 nitrogen and oxygen atoms in total. The maximum absolute atomic E-state index is 11.8. The van der Waals surface area contributed by atoms with E-state index in [1.54, 1.807) is 6.07 Å². The molecule has 0 radical (unpaired) electrons. The van der Waals surface area contributed by atoms with Crippen LogP contribution in [0.15, 0.2) is 18.5 Å². The second kappa shape index (κ2) is 6.97. The van der Waals surface area contributed by atoms with Gasteiger partial charge in [-0.15, -0.1) is 0 Å². The molecule has 1 aromatic heterocycles. The van der Waals surface area contributed by atoms with Crippen molar-refractivity contribution in [1.29, 1.82) is 0 Å². The lowest BCUT2D eigenvalue weighted by Gasteiger charge is -2.08. The fraction of sp³-hybridized carbons (Fsp3) is 0.400. The monoisotopic (exact) mass is 256 g/mol. The molecule has 1 aromatic rings. The Morgan fingerprint density at radius 1 is 1.59 bits per heavy atom. The summed E-state index contributed by atoms with van der Waals surface area (Å²) in [5.41, 5.74) is 3.28. The Morgan fingerprint density at radius 2 is 2.35 bits per heavy atom. The van der Waals surface area contributed by atoms with E-state index < -0.39 is 10.8 Å². The third-order valence-electron chi connectivity index (χ3n) is 2.16. The van der Waals surface area contributed by atoms with Gasteiger partial charge in [-0.2, -0.15) is 0 Å². The largest absolute Gasteiger partial charge is 0.351 e. The number of hydrogen-bond donors (Lipinski definition) is 3. The van der Waals surface area contributed by atoms with E-state index in [0.29, 0.717) is 29.3 Å². The standard InChI is InChI=1S/C10H16N4O2S/c1-2-17(16)6-5-13-10(15)8-3-4-12-7-9(8)14-11/h3-4,7,14H,2,5-6,11H2,1H3,(H,13,15). The minimum Gasteiger partial charge on any atom is -0.351 e. The Labute approximate surface area is 102 Å². The minimum atomic E-state index is -0.874. The van der Waals surface area contributed by atoms with E-state index in [-0.39, 0.29) is 5.91 Å². The highest BCUT2D eigenvalue weighted by Crippen LogP contribution is 2.10. The lowest BCUT2D eigenvalue weighted by atomic mass is 10.2. The van der Waals surface area contributed by atoms with E-state index in [1.165, 1.54) is 12.4 Å². The summed E-state index contributed by atoms with van der Waals surface area (Å²) in [4.78, 5) is 15.6. The van der Waals surface area contributed by atoms with Crippen LogP contribution in [-0.2, 0) is 10.8 Å². The van der Waals surface area contributed by atoms with Gasteiger partial charge in [-0.05, 0) is 6.07 Å². The van der Waals surface area contributed by atoms with Crippen molar-refractivity contribution in [2.24, 2.45) is 5.84 Å². The predicted octanol–water partition coefficient (Wildman–Crippen LogP) is -0.134. The van der Waals surface area contributed by atoms with E-state index in [9.17, 15) is 9.00 Å². The van der Waals surface area contributed by atoms with Crippen molar-refractivity contribution in [1.82, 2.24) is 10.3 Å². The second-order valence-electron chi connectivity index (χ2n) is 3.25. The van der Waals surface area contributed by atoms with Crippen LogP contribution in [0.2, 0.25) is 0 Å². The van der Waals surface area contributed by atoms with Crippen LogP contribution in [0.3, 0.4) is 0 Å². The van der Waals surface area contributed by atoms with Gasteiger partial charge in [-0.1, -0.05) is 6.92 Å². The van der Waals surface area contributed by atoms with Crippen LogP contribution in [0.4, 0.5) is 5.69 Å². The number of hydrogen-bond acceptors (Lipinski definition) is 5. The van der Waals surface area contributed by atoms with Crippen molar-refractivity contribution in [2.75, 3.05) is 23.5 Å². The third kappa shape index (κ3) is 4.12. The Bertz CT molecular complexity index is 411. The number of carbonyl (C=O) groups is 1. The average Bonchev–Trinajstić information content (AvgIpc) is 2.38. The van der Waals surface area contributed by atoms with Gasteiger partial charge in [0.2, 0.25) is 0 Å². The lowest BCUT2D eigenvalue weighted by molar-refractivity contribution is 0.0957. The molecule has 1 rings (SSSR count). The number of carbonyl (C=O) groups excluding carboxylic acids is 1. The predicted molar refractivity (Wildman–Crippen MR) is 67.9 cm³/mol. The third-order valence-corrected chi connectivity index (χ3v) is 3.46. The summed E-state index contributed by atoms with van der Waals surface area (Å²) < 4.78 is 11.2. The fourth-order valence-corrected chi connectivity index (χ4v) is 1.84. The molecule has 0 spiro atoms. The molecule has 94 valence electrons. The average molecular weight is 256 g/mol. The highest BCUT2D eigenvalue weighted by Gasteiger charge is 2.10. The number of nitrogens with one attached hydrogen (secondary N) is 2. The minimum absolute atomic E-state index is 0.256. The maximum atomic E-state index is 11.8. The van der Waals surface area contributed by atoms with Gasteiger partial charge < -0.3 is 10.7 Å². The molecular weight excluding hydrogens is 240 g/mol. The van der Waals surface area contributed by atoms with Gasteiger partial charge in [0.05, 0.1) is 17.4 Å². The molecule has 0 saturated carbocycles. The molecule has 4 N–H and O–H groups in total. The molecule has 0 aromatic carbocycles. The number of anilines is 1. The molecule has 0 aliphatic carbocycles. The summed E-state index contributed by atoms with van der Waals surface area (Å²) in [6.45, 7) is 2.23. The first-order valence-electron chi connectivity index (χ1n) is 5.22. The van der Waals surface area contributed by atoms with Crippen molar-refractivity contribution < 1.29 is 9.00 Å².